The number of imide groups is 1. The van der Waals surface area contributed by atoms with Crippen molar-refractivity contribution in [3.8, 4) is 0 Å². The summed E-state index contributed by atoms with van der Waals surface area (Å²) in [5.41, 5.74) is 8.48. The van der Waals surface area contributed by atoms with Crippen LogP contribution >= 0.6 is 0 Å². The van der Waals surface area contributed by atoms with Crippen LogP contribution in [-0.4, -0.2) is 29.5 Å². The Morgan fingerprint density at radius 2 is 1.81 bits per heavy atom. The molecule has 2 atom stereocenters. The van der Waals surface area contributed by atoms with Gasteiger partial charge >= 0.3 is 6.03 Å². The maximum Gasteiger partial charge on any atom is 0.319 e. The zero-order valence-electron chi connectivity index (χ0n) is 14.6. The lowest BCUT2D eigenvalue weighted by Gasteiger charge is -2.18. The highest BCUT2D eigenvalue weighted by atomic mass is 16.2. The van der Waals surface area contributed by atoms with E-state index in [9.17, 15) is 9.59 Å². The molecule has 6 nitrogen and oxygen atoms in total. The summed E-state index contributed by atoms with van der Waals surface area (Å²) in [6.45, 7) is 2.43. The molecule has 6 N–H and O–H groups in total. The third-order valence-electron chi connectivity index (χ3n) is 4.58. The predicted molar refractivity (Wildman–Crippen MR) is 101 cm³/mol. The minimum atomic E-state index is -0.827. The number of para-hydroxylation sites is 1. The van der Waals surface area contributed by atoms with Crippen LogP contribution in [0, 0.1) is 0 Å². The second-order valence-electron chi connectivity index (χ2n) is 6.37. The van der Waals surface area contributed by atoms with Crippen LogP contribution in [0.1, 0.15) is 24.0 Å². The highest BCUT2D eigenvalue weighted by Gasteiger charge is 2.23. The van der Waals surface area contributed by atoms with Crippen molar-refractivity contribution in [3.63, 3.8) is 0 Å². The molecular formula is C20H23N4O2+. The second kappa shape index (κ2) is 7.84. The third kappa shape index (κ3) is 3.92. The van der Waals surface area contributed by atoms with Crippen LogP contribution in [0.3, 0.4) is 0 Å². The van der Waals surface area contributed by atoms with Crippen LogP contribution in [0.4, 0.5) is 4.79 Å². The van der Waals surface area contributed by atoms with Gasteiger partial charge in [0.1, 0.15) is 0 Å². The summed E-state index contributed by atoms with van der Waals surface area (Å²) in [6, 6.07) is 17.1. The normalized spacial score (nSPS) is 13.3. The second-order valence-corrected chi connectivity index (χ2v) is 6.37. The number of hydrogen-bond donors (Lipinski definition) is 4. The van der Waals surface area contributed by atoms with Crippen molar-refractivity contribution in [1.29, 1.82) is 0 Å². The summed E-state index contributed by atoms with van der Waals surface area (Å²) in [5.74, 6) is -0.278. The van der Waals surface area contributed by atoms with Crippen molar-refractivity contribution < 1.29 is 14.9 Å². The van der Waals surface area contributed by atoms with E-state index in [-0.39, 0.29) is 11.8 Å². The van der Waals surface area contributed by atoms with Crippen molar-refractivity contribution in [2.75, 3.05) is 6.54 Å². The minimum absolute atomic E-state index is 0.108. The number of nitrogens with two attached hydrogens (primary N) is 2. The molecule has 0 aliphatic rings. The number of aromatic amines is 1. The SMILES string of the molecule is C[C@H]([NH2+]C[C@H](c1ccccc1)c1c[nH]c2ccccc12)C(=O)NC(N)=O. The van der Waals surface area contributed by atoms with Gasteiger partial charge in [0, 0.05) is 17.1 Å². The zero-order chi connectivity index (χ0) is 18.5. The molecule has 0 bridgehead atoms. The van der Waals surface area contributed by atoms with Crippen LogP contribution in [0.25, 0.3) is 10.9 Å². The Morgan fingerprint density at radius 3 is 2.54 bits per heavy atom. The number of rotatable bonds is 6. The van der Waals surface area contributed by atoms with E-state index in [1.165, 1.54) is 16.5 Å². The Labute approximate surface area is 151 Å². The number of carbonyl (C=O) groups is 2. The highest BCUT2D eigenvalue weighted by Crippen LogP contribution is 2.29. The molecule has 3 amide bonds. The number of carbonyl (C=O) groups excluding carboxylic acids is 2. The summed E-state index contributed by atoms with van der Waals surface area (Å²) in [4.78, 5) is 26.2. The molecular weight excluding hydrogens is 328 g/mol. The summed E-state index contributed by atoms with van der Waals surface area (Å²) in [5, 5.41) is 5.23. The summed E-state index contributed by atoms with van der Waals surface area (Å²) >= 11 is 0. The number of amides is 3. The number of primary amides is 1. The smallest absolute Gasteiger partial charge is 0.319 e. The maximum atomic E-state index is 12.0. The van der Waals surface area contributed by atoms with Gasteiger partial charge in [-0.1, -0.05) is 48.5 Å². The Bertz CT molecular complexity index is 904. The summed E-state index contributed by atoms with van der Waals surface area (Å²) in [6.07, 6.45) is 2.03. The van der Waals surface area contributed by atoms with E-state index < -0.39 is 12.1 Å². The zero-order valence-corrected chi connectivity index (χ0v) is 14.6. The minimum Gasteiger partial charge on any atom is -0.361 e. The topological polar surface area (TPSA) is 105 Å². The fourth-order valence-corrected chi connectivity index (χ4v) is 3.19. The van der Waals surface area contributed by atoms with Gasteiger partial charge in [0.25, 0.3) is 5.91 Å². The van der Waals surface area contributed by atoms with E-state index in [2.05, 4.69) is 28.5 Å². The molecule has 26 heavy (non-hydrogen) atoms. The molecule has 3 rings (SSSR count). The fourth-order valence-electron chi connectivity index (χ4n) is 3.19. The van der Waals surface area contributed by atoms with Gasteiger partial charge in [-0.25, -0.2) is 4.79 Å². The van der Waals surface area contributed by atoms with Gasteiger partial charge in [0.15, 0.2) is 6.04 Å². The first-order valence-corrected chi connectivity index (χ1v) is 8.61. The largest absolute Gasteiger partial charge is 0.361 e. The van der Waals surface area contributed by atoms with E-state index >= 15 is 0 Å². The molecule has 3 aromatic rings. The fraction of sp³-hybridized carbons (Fsp3) is 0.200. The number of nitrogens with one attached hydrogen (secondary N) is 2. The molecule has 0 saturated heterocycles. The molecule has 0 radical (unpaired) electrons. The standard InChI is InChI=1S/C20H22N4O2/c1-13(19(25)24-20(21)26)22-11-16(14-7-3-2-4-8-14)17-12-23-18-10-6-5-9-15(17)18/h2-10,12-13,16,22-23H,11H2,1H3,(H3,21,24,25,26)/p+1/t13-,16+/m0/s1. The van der Waals surface area contributed by atoms with Gasteiger partial charge < -0.3 is 16.0 Å². The van der Waals surface area contributed by atoms with Crippen molar-refractivity contribution in [3.05, 3.63) is 71.9 Å². The van der Waals surface area contributed by atoms with Gasteiger partial charge in [-0.3, -0.25) is 10.1 Å². The first kappa shape index (κ1) is 17.7. The highest BCUT2D eigenvalue weighted by molar-refractivity contribution is 5.95. The molecule has 0 aliphatic carbocycles. The van der Waals surface area contributed by atoms with Crippen molar-refractivity contribution >= 4 is 22.8 Å². The van der Waals surface area contributed by atoms with Crippen LogP contribution in [-0.2, 0) is 4.79 Å². The first-order chi connectivity index (χ1) is 12.6. The number of quaternary nitrogens is 1. The van der Waals surface area contributed by atoms with E-state index in [1.54, 1.807) is 6.92 Å². The van der Waals surface area contributed by atoms with Crippen LogP contribution < -0.4 is 16.4 Å². The predicted octanol–water partition coefficient (Wildman–Crippen LogP) is 1.45. The van der Waals surface area contributed by atoms with E-state index in [1.807, 2.05) is 47.9 Å². The van der Waals surface area contributed by atoms with Gasteiger partial charge in [0.05, 0.1) is 12.5 Å². The Kier molecular flexibility index (Phi) is 5.34. The van der Waals surface area contributed by atoms with Crippen LogP contribution in [0.2, 0.25) is 0 Å². The lowest BCUT2D eigenvalue weighted by molar-refractivity contribution is -0.674. The number of urea groups is 1. The molecule has 0 saturated carbocycles. The number of H-pyrrole nitrogens is 1. The number of hydrogen-bond acceptors (Lipinski definition) is 2. The van der Waals surface area contributed by atoms with Gasteiger partial charge in [-0.15, -0.1) is 0 Å². The summed E-state index contributed by atoms with van der Waals surface area (Å²) < 4.78 is 0. The first-order valence-electron chi connectivity index (χ1n) is 8.61. The summed E-state index contributed by atoms with van der Waals surface area (Å²) in [7, 11) is 0. The number of benzene rings is 2. The lowest BCUT2D eigenvalue weighted by atomic mass is 9.90. The Hall–Kier alpha value is -3.12. The molecule has 0 aliphatic heterocycles. The van der Waals surface area contributed by atoms with Gasteiger partial charge in [-0.2, -0.15) is 0 Å². The molecule has 0 fully saturated rings. The van der Waals surface area contributed by atoms with Crippen molar-refractivity contribution in [1.82, 2.24) is 10.3 Å². The third-order valence-corrected chi connectivity index (χ3v) is 4.58. The molecule has 0 spiro atoms. The Morgan fingerprint density at radius 1 is 1.12 bits per heavy atom. The van der Waals surface area contributed by atoms with E-state index in [0.29, 0.717) is 6.54 Å². The van der Waals surface area contributed by atoms with Crippen LogP contribution in [0.5, 0.6) is 0 Å². The molecule has 1 heterocycles. The van der Waals surface area contributed by atoms with Crippen molar-refractivity contribution in [2.45, 2.75) is 18.9 Å². The molecule has 6 heteroatoms. The van der Waals surface area contributed by atoms with E-state index in [0.717, 1.165) is 5.52 Å². The number of fused-ring (bicyclic) bond motifs is 1. The van der Waals surface area contributed by atoms with Gasteiger partial charge in [0.2, 0.25) is 0 Å². The number of aromatic nitrogens is 1. The van der Waals surface area contributed by atoms with E-state index in [4.69, 9.17) is 5.73 Å². The molecule has 1 aromatic heterocycles. The average Bonchev–Trinajstić information content (AvgIpc) is 3.06. The lowest BCUT2D eigenvalue weighted by Crippen LogP contribution is -2.92. The van der Waals surface area contributed by atoms with Gasteiger partial charge in [-0.05, 0) is 24.1 Å². The average molecular weight is 351 g/mol. The maximum absolute atomic E-state index is 12.0. The molecule has 0 unspecified atom stereocenters. The molecule has 134 valence electrons. The van der Waals surface area contributed by atoms with Crippen molar-refractivity contribution in [2.24, 2.45) is 5.73 Å². The quantitative estimate of drug-likeness (QED) is 0.540. The molecule has 2 aromatic carbocycles. The van der Waals surface area contributed by atoms with Crippen LogP contribution in [0.15, 0.2) is 60.8 Å². The monoisotopic (exact) mass is 351 g/mol. The Balaban J connectivity index is 1.86.